The molecule has 24 heavy (non-hydrogen) atoms. The van der Waals surface area contributed by atoms with E-state index in [1.54, 1.807) is 0 Å². The van der Waals surface area contributed by atoms with Crippen molar-refractivity contribution in [2.24, 2.45) is 0 Å². The molecule has 0 aliphatic carbocycles. The second kappa shape index (κ2) is 4.64. The highest BCUT2D eigenvalue weighted by atomic mass is 15.4. The number of hydrogen-bond acceptors (Lipinski definition) is 2. The smallest absolute Gasteiger partial charge is 0.120 e. The second-order valence-corrected chi connectivity index (χ2v) is 7.18. The van der Waals surface area contributed by atoms with Crippen molar-refractivity contribution >= 4 is 22.7 Å². The van der Waals surface area contributed by atoms with Crippen molar-refractivity contribution in [3.63, 3.8) is 0 Å². The first-order chi connectivity index (χ1) is 11.7. The molecule has 2 aliphatic rings. The lowest BCUT2D eigenvalue weighted by molar-refractivity contribution is 0.451. The summed E-state index contributed by atoms with van der Waals surface area (Å²) in [6.07, 6.45) is 0.259. The molecule has 0 N–H and O–H groups in total. The molecule has 3 aromatic rings. The number of rotatable bonds is 1. The fourth-order valence-electron chi connectivity index (χ4n) is 4.39. The van der Waals surface area contributed by atoms with Crippen molar-refractivity contribution in [1.82, 2.24) is 0 Å². The second-order valence-electron chi connectivity index (χ2n) is 7.18. The molecule has 0 saturated carbocycles. The SMILES string of the molecule is CC1(C)c2ccccc2N2c3ccccc3N(c3ccccc3)C21. The lowest BCUT2D eigenvalue weighted by atomic mass is 9.83. The van der Waals surface area contributed by atoms with Gasteiger partial charge in [0.2, 0.25) is 0 Å². The lowest BCUT2D eigenvalue weighted by Crippen LogP contribution is -2.46. The Morgan fingerprint density at radius 1 is 0.625 bits per heavy atom. The first-order valence-electron chi connectivity index (χ1n) is 8.51. The highest BCUT2D eigenvalue weighted by Gasteiger charge is 2.53. The first kappa shape index (κ1) is 13.7. The van der Waals surface area contributed by atoms with E-state index in [9.17, 15) is 0 Å². The van der Waals surface area contributed by atoms with E-state index in [4.69, 9.17) is 0 Å². The standard InChI is InChI=1S/C22H20N2/c1-22(2)17-12-6-7-13-18(17)24-20-15-9-8-14-19(20)23(21(22)24)16-10-4-3-5-11-16/h3-15,21H,1-2H3. The summed E-state index contributed by atoms with van der Waals surface area (Å²) in [5, 5.41) is 0. The zero-order valence-corrected chi connectivity index (χ0v) is 14.0. The van der Waals surface area contributed by atoms with Crippen molar-refractivity contribution in [2.75, 3.05) is 9.80 Å². The van der Waals surface area contributed by atoms with Crippen LogP contribution in [0.5, 0.6) is 0 Å². The van der Waals surface area contributed by atoms with Crippen LogP contribution in [0.2, 0.25) is 0 Å². The zero-order chi connectivity index (χ0) is 16.3. The molecule has 3 aromatic carbocycles. The molecule has 0 spiro atoms. The molecule has 0 aromatic heterocycles. The van der Waals surface area contributed by atoms with E-state index in [0.29, 0.717) is 0 Å². The molecule has 1 unspecified atom stereocenters. The van der Waals surface area contributed by atoms with Gasteiger partial charge in [-0.15, -0.1) is 0 Å². The van der Waals surface area contributed by atoms with Crippen LogP contribution in [0.3, 0.4) is 0 Å². The Hall–Kier alpha value is -2.74. The molecule has 2 heterocycles. The summed E-state index contributed by atoms with van der Waals surface area (Å²) in [4.78, 5) is 5.01. The quantitative estimate of drug-likeness (QED) is 0.577. The van der Waals surface area contributed by atoms with Crippen LogP contribution >= 0.6 is 0 Å². The topological polar surface area (TPSA) is 6.48 Å². The fraction of sp³-hybridized carbons (Fsp3) is 0.182. The molecule has 0 amide bonds. The molecule has 0 saturated heterocycles. The first-order valence-corrected chi connectivity index (χ1v) is 8.51. The van der Waals surface area contributed by atoms with Gasteiger partial charge in [-0.05, 0) is 35.9 Å². The van der Waals surface area contributed by atoms with Crippen LogP contribution in [0, 0.1) is 0 Å². The minimum atomic E-state index is 0.0332. The van der Waals surface area contributed by atoms with E-state index in [0.717, 1.165) is 0 Å². The monoisotopic (exact) mass is 312 g/mol. The van der Waals surface area contributed by atoms with Crippen LogP contribution in [-0.4, -0.2) is 6.17 Å². The predicted octanol–water partition coefficient (Wildman–Crippen LogP) is 5.59. The number of nitrogens with zero attached hydrogens (tertiary/aromatic N) is 2. The average molecular weight is 312 g/mol. The predicted molar refractivity (Wildman–Crippen MR) is 100 cm³/mol. The third kappa shape index (κ3) is 1.60. The maximum Gasteiger partial charge on any atom is 0.120 e. The third-order valence-corrected chi connectivity index (χ3v) is 5.43. The summed E-state index contributed by atoms with van der Waals surface area (Å²) < 4.78 is 0. The van der Waals surface area contributed by atoms with Crippen molar-refractivity contribution in [1.29, 1.82) is 0 Å². The van der Waals surface area contributed by atoms with Crippen LogP contribution < -0.4 is 9.80 Å². The van der Waals surface area contributed by atoms with Crippen LogP contribution in [-0.2, 0) is 5.41 Å². The Bertz CT molecular complexity index is 899. The number of benzene rings is 3. The van der Waals surface area contributed by atoms with E-state index < -0.39 is 0 Å². The van der Waals surface area contributed by atoms with Gasteiger partial charge in [-0.2, -0.15) is 0 Å². The third-order valence-electron chi connectivity index (χ3n) is 5.43. The van der Waals surface area contributed by atoms with E-state index in [-0.39, 0.29) is 11.6 Å². The molecular weight excluding hydrogens is 292 g/mol. The van der Waals surface area contributed by atoms with Gasteiger partial charge in [-0.3, -0.25) is 0 Å². The molecule has 2 nitrogen and oxygen atoms in total. The van der Waals surface area contributed by atoms with E-state index in [1.165, 1.54) is 28.3 Å². The van der Waals surface area contributed by atoms with Crippen LogP contribution in [0.25, 0.3) is 0 Å². The van der Waals surface area contributed by atoms with Crippen molar-refractivity contribution < 1.29 is 0 Å². The minimum absolute atomic E-state index is 0.0332. The molecule has 5 rings (SSSR count). The highest BCUT2D eigenvalue weighted by Crippen LogP contribution is 2.58. The number of hydrogen-bond donors (Lipinski definition) is 0. The summed E-state index contributed by atoms with van der Waals surface area (Å²) in [6.45, 7) is 4.72. The van der Waals surface area contributed by atoms with Gasteiger partial charge < -0.3 is 9.80 Å². The van der Waals surface area contributed by atoms with Crippen LogP contribution in [0.1, 0.15) is 19.4 Å². The normalized spacial score (nSPS) is 19.8. The lowest BCUT2D eigenvalue weighted by Gasteiger charge is -2.36. The molecule has 0 bridgehead atoms. The van der Waals surface area contributed by atoms with Gasteiger partial charge in [0.1, 0.15) is 6.17 Å². The van der Waals surface area contributed by atoms with Gasteiger partial charge in [0.15, 0.2) is 0 Å². The van der Waals surface area contributed by atoms with Crippen LogP contribution in [0.15, 0.2) is 78.9 Å². The summed E-state index contributed by atoms with van der Waals surface area (Å²) in [7, 11) is 0. The van der Waals surface area contributed by atoms with Crippen LogP contribution in [0.4, 0.5) is 22.7 Å². The Morgan fingerprint density at radius 3 is 1.88 bits per heavy atom. The Morgan fingerprint density at radius 2 is 1.17 bits per heavy atom. The van der Waals surface area contributed by atoms with Crippen molar-refractivity contribution in [3.8, 4) is 0 Å². The summed E-state index contributed by atoms with van der Waals surface area (Å²) in [6, 6.07) is 28.3. The maximum absolute atomic E-state index is 2.51. The summed E-state index contributed by atoms with van der Waals surface area (Å²) in [5.41, 5.74) is 6.62. The fourth-order valence-corrected chi connectivity index (χ4v) is 4.39. The van der Waals surface area contributed by atoms with Crippen molar-refractivity contribution in [2.45, 2.75) is 25.4 Å². The van der Waals surface area contributed by atoms with Crippen molar-refractivity contribution in [3.05, 3.63) is 84.4 Å². The van der Waals surface area contributed by atoms with Gasteiger partial charge in [0, 0.05) is 16.8 Å². The number of fused-ring (bicyclic) bond motifs is 5. The molecule has 2 heteroatoms. The Kier molecular flexibility index (Phi) is 2.64. The Balaban J connectivity index is 1.80. The van der Waals surface area contributed by atoms with Gasteiger partial charge in [-0.1, -0.05) is 62.4 Å². The number of anilines is 4. The van der Waals surface area contributed by atoms with E-state index in [1.807, 2.05) is 0 Å². The molecule has 1 atom stereocenters. The van der Waals surface area contributed by atoms with Gasteiger partial charge in [0.25, 0.3) is 0 Å². The van der Waals surface area contributed by atoms with E-state index in [2.05, 4.69) is 103 Å². The average Bonchev–Trinajstić information content (AvgIpc) is 3.08. The molecule has 118 valence electrons. The molecule has 2 aliphatic heterocycles. The minimum Gasteiger partial charge on any atom is -0.317 e. The van der Waals surface area contributed by atoms with Gasteiger partial charge in [0.05, 0.1) is 11.4 Å². The molecule has 0 fully saturated rings. The van der Waals surface area contributed by atoms with E-state index >= 15 is 0 Å². The highest BCUT2D eigenvalue weighted by molar-refractivity contribution is 5.92. The zero-order valence-electron chi connectivity index (χ0n) is 14.0. The summed E-state index contributed by atoms with van der Waals surface area (Å²) in [5.74, 6) is 0. The number of para-hydroxylation sites is 4. The Labute approximate surface area is 143 Å². The summed E-state index contributed by atoms with van der Waals surface area (Å²) >= 11 is 0. The molecule has 0 radical (unpaired) electrons. The maximum atomic E-state index is 2.51. The van der Waals surface area contributed by atoms with Gasteiger partial charge >= 0.3 is 0 Å². The van der Waals surface area contributed by atoms with Gasteiger partial charge in [-0.25, -0.2) is 0 Å². The largest absolute Gasteiger partial charge is 0.317 e. The molecular formula is C22H20N2.